The van der Waals surface area contributed by atoms with Crippen LogP contribution in [0, 0.1) is 5.92 Å². The van der Waals surface area contributed by atoms with Crippen LogP contribution in [0.5, 0.6) is 0 Å². The van der Waals surface area contributed by atoms with Crippen molar-refractivity contribution in [1.82, 2.24) is 9.78 Å². The van der Waals surface area contributed by atoms with Gasteiger partial charge in [0, 0.05) is 31.8 Å². The van der Waals surface area contributed by atoms with Crippen molar-refractivity contribution >= 4 is 11.7 Å². The quantitative estimate of drug-likeness (QED) is 0.836. The van der Waals surface area contributed by atoms with Crippen LogP contribution in [0.15, 0.2) is 6.20 Å². The molecule has 0 atom stereocenters. The fourth-order valence-corrected chi connectivity index (χ4v) is 2.62. The predicted molar refractivity (Wildman–Crippen MR) is 70.9 cm³/mol. The summed E-state index contributed by atoms with van der Waals surface area (Å²) in [5.41, 5.74) is 6.49. The van der Waals surface area contributed by atoms with E-state index in [1.807, 2.05) is 13.2 Å². The normalized spacial score (nSPS) is 16.1. The molecule has 1 aliphatic carbocycles. The van der Waals surface area contributed by atoms with E-state index in [2.05, 4.69) is 10.4 Å². The molecule has 0 spiro atoms. The molecule has 0 bridgehead atoms. The van der Waals surface area contributed by atoms with Gasteiger partial charge in [-0.2, -0.15) is 5.10 Å². The lowest BCUT2D eigenvalue weighted by molar-refractivity contribution is -0.116. The number of anilines is 1. The van der Waals surface area contributed by atoms with Gasteiger partial charge in [0.2, 0.25) is 5.91 Å². The van der Waals surface area contributed by atoms with E-state index in [1.165, 1.54) is 25.7 Å². The molecule has 1 saturated carbocycles. The average molecular weight is 250 g/mol. The van der Waals surface area contributed by atoms with Crippen LogP contribution in [0.4, 0.5) is 5.82 Å². The van der Waals surface area contributed by atoms with Crippen LogP contribution >= 0.6 is 0 Å². The molecule has 5 heteroatoms. The number of aryl methyl sites for hydroxylation is 1. The molecule has 1 amide bonds. The molecule has 0 unspecified atom stereocenters. The summed E-state index contributed by atoms with van der Waals surface area (Å²) >= 11 is 0. The highest BCUT2D eigenvalue weighted by Crippen LogP contribution is 2.28. The Kier molecular flexibility index (Phi) is 4.36. The van der Waals surface area contributed by atoms with Gasteiger partial charge < -0.3 is 11.1 Å². The zero-order valence-electron chi connectivity index (χ0n) is 11.0. The zero-order valence-corrected chi connectivity index (χ0v) is 11.0. The maximum absolute atomic E-state index is 11.8. The first-order chi connectivity index (χ1) is 8.69. The predicted octanol–water partition coefficient (Wildman–Crippen LogP) is 1.79. The van der Waals surface area contributed by atoms with E-state index in [9.17, 15) is 4.79 Å². The second-order valence-corrected chi connectivity index (χ2v) is 5.12. The molecule has 2 rings (SSSR count). The summed E-state index contributed by atoms with van der Waals surface area (Å²) < 4.78 is 1.68. The SMILES string of the molecule is Cn1cc(CN)c(NC(=O)CCC2CCCC2)n1. The van der Waals surface area contributed by atoms with Gasteiger partial charge in [0.15, 0.2) is 5.82 Å². The lowest BCUT2D eigenvalue weighted by Gasteiger charge is -2.08. The summed E-state index contributed by atoms with van der Waals surface area (Å²) in [7, 11) is 1.83. The molecule has 5 nitrogen and oxygen atoms in total. The molecule has 18 heavy (non-hydrogen) atoms. The highest BCUT2D eigenvalue weighted by Gasteiger charge is 2.17. The monoisotopic (exact) mass is 250 g/mol. The number of nitrogens with one attached hydrogen (secondary N) is 1. The highest BCUT2D eigenvalue weighted by molar-refractivity contribution is 5.90. The minimum Gasteiger partial charge on any atom is -0.326 e. The average Bonchev–Trinajstić information content (AvgIpc) is 2.96. The van der Waals surface area contributed by atoms with Crippen molar-refractivity contribution in [3.05, 3.63) is 11.8 Å². The Balaban J connectivity index is 1.82. The van der Waals surface area contributed by atoms with Gasteiger partial charge in [-0.25, -0.2) is 0 Å². The molecule has 0 aliphatic heterocycles. The maximum Gasteiger partial charge on any atom is 0.225 e. The van der Waals surface area contributed by atoms with Crippen molar-refractivity contribution in [2.24, 2.45) is 18.7 Å². The molecule has 0 radical (unpaired) electrons. The van der Waals surface area contributed by atoms with Crippen molar-refractivity contribution in [1.29, 1.82) is 0 Å². The Morgan fingerprint density at radius 3 is 2.94 bits per heavy atom. The van der Waals surface area contributed by atoms with Gasteiger partial charge in [0.25, 0.3) is 0 Å². The van der Waals surface area contributed by atoms with Gasteiger partial charge in [0.05, 0.1) is 0 Å². The number of nitrogens with zero attached hydrogens (tertiary/aromatic N) is 2. The minimum absolute atomic E-state index is 0.0512. The van der Waals surface area contributed by atoms with Gasteiger partial charge in [-0.15, -0.1) is 0 Å². The van der Waals surface area contributed by atoms with E-state index in [-0.39, 0.29) is 5.91 Å². The molecule has 1 heterocycles. The molecular weight excluding hydrogens is 228 g/mol. The van der Waals surface area contributed by atoms with Gasteiger partial charge >= 0.3 is 0 Å². The summed E-state index contributed by atoms with van der Waals surface area (Å²) in [4.78, 5) is 11.8. The standard InChI is InChI=1S/C13H22N4O/c1-17-9-11(8-14)13(16-17)15-12(18)7-6-10-4-2-3-5-10/h9-10H,2-8,14H2,1H3,(H,15,16,18). The summed E-state index contributed by atoms with van der Waals surface area (Å²) in [6, 6.07) is 0. The summed E-state index contributed by atoms with van der Waals surface area (Å²) in [6.07, 6.45) is 8.64. The number of carbonyl (C=O) groups excluding carboxylic acids is 1. The first-order valence-electron chi connectivity index (χ1n) is 6.71. The summed E-state index contributed by atoms with van der Waals surface area (Å²) in [5, 5.41) is 7.06. The zero-order chi connectivity index (χ0) is 13.0. The number of hydrogen-bond acceptors (Lipinski definition) is 3. The van der Waals surface area contributed by atoms with Crippen molar-refractivity contribution in [2.75, 3.05) is 5.32 Å². The first kappa shape index (κ1) is 13.1. The minimum atomic E-state index is 0.0512. The number of rotatable bonds is 5. The molecule has 3 N–H and O–H groups in total. The highest BCUT2D eigenvalue weighted by atomic mass is 16.1. The molecular formula is C13H22N4O. The number of aromatic nitrogens is 2. The van der Waals surface area contributed by atoms with Crippen LogP contribution in [-0.2, 0) is 18.4 Å². The Morgan fingerprint density at radius 1 is 1.56 bits per heavy atom. The van der Waals surface area contributed by atoms with Crippen LogP contribution in [0.1, 0.15) is 44.1 Å². The van der Waals surface area contributed by atoms with Gasteiger partial charge in [0.1, 0.15) is 0 Å². The number of hydrogen-bond donors (Lipinski definition) is 2. The Labute approximate surface area is 108 Å². The molecule has 1 aliphatic rings. The summed E-state index contributed by atoms with van der Waals surface area (Å²) in [5.74, 6) is 1.40. The molecule has 0 aromatic carbocycles. The van der Waals surface area contributed by atoms with Crippen molar-refractivity contribution in [2.45, 2.75) is 45.1 Å². The fraction of sp³-hybridized carbons (Fsp3) is 0.692. The topological polar surface area (TPSA) is 72.9 Å². The molecule has 0 saturated heterocycles. The number of nitrogens with two attached hydrogens (primary N) is 1. The van der Waals surface area contributed by atoms with Crippen LogP contribution in [0.3, 0.4) is 0 Å². The van der Waals surface area contributed by atoms with E-state index >= 15 is 0 Å². The van der Waals surface area contributed by atoms with E-state index in [1.54, 1.807) is 4.68 Å². The smallest absolute Gasteiger partial charge is 0.225 e. The third-order valence-corrected chi connectivity index (χ3v) is 3.64. The van der Waals surface area contributed by atoms with Gasteiger partial charge in [-0.05, 0) is 12.3 Å². The lowest BCUT2D eigenvalue weighted by Crippen LogP contribution is -2.15. The summed E-state index contributed by atoms with van der Waals surface area (Å²) in [6.45, 7) is 0.395. The van der Waals surface area contributed by atoms with E-state index < -0.39 is 0 Å². The van der Waals surface area contributed by atoms with Crippen LogP contribution in [0.2, 0.25) is 0 Å². The maximum atomic E-state index is 11.8. The van der Waals surface area contributed by atoms with E-state index in [0.717, 1.165) is 17.9 Å². The second kappa shape index (κ2) is 6.00. The third-order valence-electron chi connectivity index (χ3n) is 3.64. The molecule has 1 fully saturated rings. The van der Waals surface area contributed by atoms with E-state index in [4.69, 9.17) is 5.73 Å². The van der Waals surface area contributed by atoms with E-state index in [0.29, 0.717) is 18.8 Å². The third kappa shape index (κ3) is 3.32. The lowest BCUT2D eigenvalue weighted by atomic mass is 10.0. The fourth-order valence-electron chi connectivity index (χ4n) is 2.62. The number of amides is 1. The Morgan fingerprint density at radius 2 is 2.28 bits per heavy atom. The second-order valence-electron chi connectivity index (χ2n) is 5.12. The van der Waals surface area contributed by atoms with Gasteiger partial charge in [-0.3, -0.25) is 9.48 Å². The Bertz CT molecular complexity index is 407. The van der Waals surface area contributed by atoms with Crippen molar-refractivity contribution in [3.63, 3.8) is 0 Å². The van der Waals surface area contributed by atoms with Crippen molar-refractivity contribution in [3.8, 4) is 0 Å². The van der Waals surface area contributed by atoms with Gasteiger partial charge in [-0.1, -0.05) is 25.7 Å². The van der Waals surface area contributed by atoms with Crippen molar-refractivity contribution < 1.29 is 4.79 Å². The number of carbonyl (C=O) groups is 1. The van der Waals surface area contributed by atoms with Crippen LogP contribution in [-0.4, -0.2) is 15.7 Å². The van der Waals surface area contributed by atoms with Crippen LogP contribution < -0.4 is 11.1 Å². The largest absolute Gasteiger partial charge is 0.326 e. The first-order valence-corrected chi connectivity index (χ1v) is 6.71. The van der Waals surface area contributed by atoms with Crippen LogP contribution in [0.25, 0.3) is 0 Å². The molecule has 1 aromatic rings. The molecule has 1 aromatic heterocycles. The molecule has 100 valence electrons. The Hall–Kier alpha value is -1.36.